The van der Waals surface area contributed by atoms with Crippen LogP contribution in [-0.2, 0) is 18.9 Å². The number of carbonyl (C=O) groups is 1. The Bertz CT molecular complexity index is 243. The van der Waals surface area contributed by atoms with Gasteiger partial charge in [0.05, 0.1) is 19.8 Å². The van der Waals surface area contributed by atoms with Crippen LogP contribution in [0.5, 0.6) is 0 Å². The van der Waals surface area contributed by atoms with Gasteiger partial charge in [-0.25, -0.2) is 4.79 Å². The standard InChI is InChI=1S/C9H14O6/c1-2-12-9(11)15-6-4-14-7-5(10)3-13-8(6)7/h5-8,10H,2-4H2,1H3/t5-,6+,7-,8-/m1/s1. The Kier molecular flexibility index (Phi) is 3.08. The highest BCUT2D eigenvalue weighted by molar-refractivity contribution is 5.60. The molecule has 0 bridgehead atoms. The summed E-state index contributed by atoms with van der Waals surface area (Å²) in [6.07, 6.45) is -2.59. The van der Waals surface area contributed by atoms with Crippen molar-refractivity contribution in [3.8, 4) is 0 Å². The van der Waals surface area contributed by atoms with E-state index in [0.29, 0.717) is 0 Å². The van der Waals surface area contributed by atoms with Crippen molar-refractivity contribution < 1.29 is 28.8 Å². The molecule has 15 heavy (non-hydrogen) atoms. The molecule has 1 N–H and O–H groups in total. The predicted octanol–water partition coefficient (Wildman–Crippen LogP) is -0.313. The molecule has 2 heterocycles. The molecular formula is C9H14O6. The molecule has 4 atom stereocenters. The average molecular weight is 218 g/mol. The van der Waals surface area contributed by atoms with E-state index in [1.54, 1.807) is 6.92 Å². The van der Waals surface area contributed by atoms with Gasteiger partial charge in [-0.05, 0) is 6.92 Å². The number of aliphatic hydroxyl groups is 1. The van der Waals surface area contributed by atoms with E-state index in [4.69, 9.17) is 14.2 Å². The predicted molar refractivity (Wildman–Crippen MR) is 47.4 cm³/mol. The Hall–Kier alpha value is -0.850. The minimum atomic E-state index is -0.725. The van der Waals surface area contributed by atoms with Gasteiger partial charge in [0.2, 0.25) is 0 Å². The number of hydrogen-bond donors (Lipinski definition) is 1. The fraction of sp³-hybridized carbons (Fsp3) is 0.889. The third kappa shape index (κ3) is 2.06. The summed E-state index contributed by atoms with van der Waals surface area (Å²) in [6.45, 7) is 2.43. The first-order chi connectivity index (χ1) is 7.22. The van der Waals surface area contributed by atoms with E-state index in [-0.39, 0.29) is 32.0 Å². The van der Waals surface area contributed by atoms with Crippen LogP contribution < -0.4 is 0 Å². The minimum Gasteiger partial charge on any atom is -0.435 e. The zero-order chi connectivity index (χ0) is 10.8. The maximum atomic E-state index is 11.1. The lowest BCUT2D eigenvalue weighted by molar-refractivity contribution is -0.0310. The Labute approximate surface area is 87.1 Å². The molecule has 2 fully saturated rings. The van der Waals surface area contributed by atoms with E-state index in [9.17, 15) is 9.90 Å². The van der Waals surface area contributed by atoms with Crippen LogP contribution >= 0.6 is 0 Å². The van der Waals surface area contributed by atoms with Crippen LogP contribution in [0.2, 0.25) is 0 Å². The van der Waals surface area contributed by atoms with Gasteiger partial charge in [-0.2, -0.15) is 0 Å². The van der Waals surface area contributed by atoms with Gasteiger partial charge in [0.15, 0.2) is 6.10 Å². The highest BCUT2D eigenvalue weighted by Crippen LogP contribution is 2.28. The summed E-state index contributed by atoms with van der Waals surface area (Å²) in [4.78, 5) is 11.1. The van der Waals surface area contributed by atoms with Crippen molar-refractivity contribution in [1.82, 2.24) is 0 Å². The molecular weight excluding hydrogens is 204 g/mol. The lowest BCUT2D eigenvalue weighted by atomic mass is 10.1. The van der Waals surface area contributed by atoms with Crippen molar-refractivity contribution in [2.45, 2.75) is 31.3 Å². The number of fused-ring (bicyclic) bond motifs is 1. The number of aliphatic hydroxyl groups excluding tert-OH is 1. The van der Waals surface area contributed by atoms with Crippen LogP contribution in [-0.4, -0.2) is 55.5 Å². The van der Waals surface area contributed by atoms with Crippen LogP contribution in [0.4, 0.5) is 4.79 Å². The first kappa shape index (κ1) is 10.7. The molecule has 0 aliphatic carbocycles. The smallest absolute Gasteiger partial charge is 0.435 e. The van der Waals surface area contributed by atoms with Crippen LogP contribution in [0.1, 0.15) is 6.92 Å². The van der Waals surface area contributed by atoms with Crippen LogP contribution in [0.15, 0.2) is 0 Å². The number of carbonyl (C=O) groups excluding carboxylic acids is 1. The lowest BCUT2D eigenvalue weighted by Gasteiger charge is -2.15. The van der Waals surface area contributed by atoms with Gasteiger partial charge in [-0.1, -0.05) is 0 Å². The largest absolute Gasteiger partial charge is 0.508 e. The normalized spacial score (nSPS) is 38.8. The van der Waals surface area contributed by atoms with Gasteiger partial charge in [0.1, 0.15) is 18.3 Å². The van der Waals surface area contributed by atoms with E-state index < -0.39 is 18.4 Å². The van der Waals surface area contributed by atoms with Crippen molar-refractivity contribution in [2.75, 3.05) is 19.8 Å². The third-order valence-electron chi connectivity index (χ3n) is 2.49. The van der Waals surface area contributed by atoms with Crippen molar-refractivity contribution in [3.63, 3.8) is 0 Å². The van der Waals surface area contributed by atoms with Crippen molar-refractivity contribution in [2.24, 2.45) is 0 Å². The van der Waals surface area contributed by atoms with Crippen LogP contribution in [0.25, 0.3) is 0 Å². The molecule has 2 aliphatic heterocycles. The zero-order valence-corrected chi connectivity index (χ0v) is 8.42. The van der Waals surface area contributed by atoms with Gasteiger partial charge in [0.25, 0.3) is 0 Å². The Morgan fingerprint density at radius 3 is 2.87 bits per heavy atom. The molecule has 0 aromatic carbocycles. The van der Waals surface area contributed by atoms with Gasteiger partial charge >= 0.3 is 6.16 Å². The van der Waals surface area contributed by atoms with E-state index in [1.165, 1.54) is 0 Å². The second kappa shape index (κ2) is 4.34. The quantitative estimate of drug-likeness (QED) is 0.641. The van der Waals surface area contributed by atoms with E-state index in [0.717, 1.165) is 0 Å². The zero-order valence-electron chi connectivity index (χ0n) is 8.42. The maximum Gasteiger partial charge on any atom is 0.508 e. The molecule has 0 aromatic rings. The van der Waals surface area contributed by atoms with E-state index in [1.807, 2.05) is 0 Å². The summed E-state index contributed by atoms with van der Waals surface area (Å²) in [6, 6.07) is 0. The van der Waals surface area contributed by atoms with Crippen molar-refractivity contribution >= 4 is 6.16 Å². The van der Waals surface area contributed by atoms with Gasteiger partial charge in [-0.15, -0.1) is 0 Å². The number of ether oxygens (including phenoxy) is 4. The highest BCUT2D eigenvalue weighted by atomic mass is 16.7. The Morgan fingerprint density at radius 1 is 1.40 bits per heavy atom. The molecule has 2 aliphatic rings. The summed E-state index contributed by atoms with van der Waals surface area (Å²) < 4.78 is 20.2. The Morgan fingerprint density at radius 2 is 2.13 bits per heavy atom. The van der Waals surface area contributed by atoms with Gasteiger partial charge < -0.3 is 24.1 Å². The average Bonchev–Trinajstić information content (AvgIpc) is 2.72. The fourth-order valence-corrected chi connectivity index (χ4v) is 1.82. The van der Waals surface area contributed by atoms with E-state index in [2.05, 4.69) is 4.74 Å². The van der Waals surface area contributed by atoms with Crippen molar-refractivity contribution in [3.05, 3.63) is 0 Å². The Balaban J connectivity index is 1.87. The molecule has 0 amide bonds. The summed E-state index contributed by atoms with van der Waals surface area (Å²) in [7, 11) is 0. The molecule has 0 aromatic heterocycles. The third-order valence-corrected chi connectivity index (χ3v) is 2.49. The fourth-order valence-electron chi connectivity index (χ4n) is 1.82. The summed E-state index contributed by atoms with van der Waals surface area (Å²) in [5.74, 6) is 0. The first-order valence-electron chi connectivity index (χ1n) is 4.97. The van der Waals surface area contributed by atoms with Gasteiger partial charge in [-0.3, -0.25) is 0 Å². The maximum absolute atomic E-state index is 11.1. The summed E-state index contributed by atoms with van der Waals surface area (Å²) in [5, 5.41) is 9.43. The molecule has 6 heteroatoms. The molecule has 6 nitrogen and oxygen atoms in total. The monoisotopic (exact) mass is 218 g/mol. The number of hydrogen-bond acceptors (Lipinski definition) is 6. The molecule has 2 rings (SSSR count). The molecule has 2 saturated heterocycles. The van der Waals surface area contributed by atoms with E-state index >= 15 is 0 Å². The number of rotatable bonds is 2. The molecule has 0 radical (unpaired) electrons. The van der Waals surface area contributed by atoms with Crippen molar-refractivity contribution in [1.29, 1.82) is 0 Å². The van der Waals surface area contributed by atoms with Crippen LogP contribution in [0.3, 0.4) is 0 Å². The van der Waals surface area contributed by atoms with Crippen LogP contribution in [0, 0.1) is 0 Å². The molecule has 0 unspecified atom stereocenters. The molecule has 86 valence electrons. The van der Waals surface area contributed by atoms with Gasteiger partial charge in [0, 0.05) is 0 Å². The topological polar surface area (TPSA) is 74.2 Å². The second-order valence-electron chi connectivity index (χ2n) is 3.50. The second-order valence-corrected chi connectivity index (χ2v) is 3.50. The molecule has 0 spiro atoms. The SMILES string of the molecule is CCOC(=O)O[C@H]1CO[C@H]2[C@@H]1OC[C@H]2O. The summed E-state index contributed by atoms with van der Waals surface area (Å²) >= 11 is 0. The minimum absolute atomic E-state index is 0.220. The first-order valence-corrected chi connectivity index (χ1v) is 4.97. The lowest BCUT2D eigenvalue weighted by Crippen LogP contribution is -2.34. The molecule has 0 saturated carbocycles. The highest BCUT2D eigenvalue weighted by Gasteiger charge is 2.49. The summed E-state index contributed by atoms with van der Waals surface area (Å²) in [5.41, 5.74) is 0.